The van der Waals surface area contributed by atoms with Crippen molar-refractivity contribution < 1.29 is 0 Å². The van der Waals surface area contributed by atoms with Crippen molar-refractivity contribution in [2.45, 2.75) is 32.2 Å². The fourth-order valence-electron chi connectivity index (χ4n) is 2.54. The van der Waals surface area contributed by atoms with Gasteiger partial charge in [0.2, 0.25) is 0 Å². The van der Waals surface area contributed by atoms with Crippen molar-refractivity contribution >= 4 is 11.4 Å². The van der Waals surface area contributed by atoms with Crippen molar-refractivity contribution in [2.24, 2.45) is 0 Å². The molecular formula is C13H21N3. The summed E-state index contributed by atoms with van der Waals surface area (Å²) in [6, 6.07) is 4.59. The maximum absolute atomic E-state index is 6.06. The van der Waals surface area contributed by atoms with Crippen LogP contribution in [-0.2, 0) is 6.42 Å². The highest BCUT2D eigenvalue weighted by Crippen LogP contribution is 2.28. The monoisotopic (exact) mass is 219 g/mol. The molecule has 1 aliphatic rings. The third-order valence-corrected chi connectivity index (χ3v) is 3.74. The molecule has 0 amide bonds. The van der Waals surface area contributed by atoms with Crippen LogP contribution in [0.5, 0.6) is 0 Å². The normalized spacial score (nSPS) is 21.5. The van der Waals surface area contributed by atoms with Crippen LogP contribution in [-0.4, -0.2) is 24.5 Å². The van der Waals surface area contributed by atoms with Crippen LogP contribution in [0.2, 0.25) is 0 Å². The molecule has 4 N–H and O–H groups in total. The van der Waals surface area contributed by atoms with Crippen molar-refractivity contribution in [1.82, 2.24) is 4.90 Å². The second-order valence-corrected chi connectivity index (χ2v) is 4.84. The highest BCUT2D eigenvalue weighted by Gasteiger charge is 2.22. The third kappa shape index (κ3) is 2.00. The number of benzene rings is 1. The number of rotatable bonds is 2. The van der Waals surface area contributed by atoms with Crippen molar-refractivity contribution in [3.8, 4) is 0 Å². The largest absolute Gasteiger partial charge is 0.397 e. The topological polar surface area (TPSA) is 55.3 Å². The van der Waals surface area contributed by atoms with Gasteiger partial charge in [0.15, 0.2) is 0 Å². The molecule has 0 bridgehead atoms. The van der Waals surface area contributed by atoms with Gasteiger partial charge < -0.3 is 16.4 Å². The zero-order chi connectivity index (χ0) is 11.7. The molecule has 16 heavy (non-hydrogen) atoms. The summed E-state index contributed by atoms with van der Waals surface area (Å²) in [7, 11) is 2.19. The first-order valence-corrected chi connectivity index (χ1v) is 5.93. The van der Waals surface area contributed by atoms with E-state index in [1.165, 1.54) is 30.5 Å². The van der Waals surface area contributed by atoms with Gasteiger partial charge in [-0.05, 0) is 57.0 Å². The maximum atomic E-state index is 6.06. The lowest BCUT2D eigenvalue weighted by molar-refractivity contribution is 0.309. The van der Waals surface area contributed by atoms with Gasteiger partial charge in [-0.3, -0.25) is 0 Å². The van der Waals surface area contributed by atoms with Gasteiger partial charge in [-0.15, -0.1) is 0 Å². The number of anilines is 2. The Morgan fingerprint density at radius 2 is 2.12 bits per heavy atom. The Balaban J connectivity index is 2.23. The minimum Gasteiger partial charge on any atom is -0.397 e. The molecule has 1 saturated heterocycles. The molecule has 88 valence electrons. The molecule has 0 unspecified atom stereocenters. The zero-order valence-corrected chi connectivity index (χ0v) is 10.2. The molecule has 0 aromatic heterocycles. The second kappa shape index (κ2) is 4.34. The van der Waals surface area contributed by atoms with Gasteiger partial charge >= 0.3 is 0 Å². The number of likely N-dealkylation sites (tertiary alicyclic amines) is 1. The Morgan fingerprint density at radius 3 is 2.75 bits per heavy atom. The van der Waals surface area contributed by atoms with E-state index in [4.69, 9.17) is 11.5 Å². The smallest absolute Gasteiger partial charge is 0.0583 e. The zero-order valence-electron chi connectivity index (χ0n) is 10.2. The minimum absolute atomic E-state index is 0.628. The molecule has 1 aromatic carbocycles. The summed E-state index contributed by atoms with van der Waals surface area (Å²) in [6.07, 6.45) is 3.59. The first-order valence-electron chi connectivity index (χ1n) is 5.93. The Labute approximate surface area is 97.4 Å². The van der Waals surface area contributed by atoms with E-state index in [0.29, 0.717) is 11.7 Å². The number of hydrogen-bond donors (Lipinski definition) is 2. The quantitative estimate of drug-likeness (QED) is 0.746. The molecule has 0 aliphatic carbocycles. The summed E-state index contributed by atoms with van der Waals surface area (Å²) in [5.41, 5.74) is 15.9. The van der Waals surface area contributed by atoms with Gasteiger partial charge in [0.1, 0.15) is 0 Å². The summed E-state index contributed by atoms with van der Waals surface area (Å²) in [5.74, 6) is 0. The van der Waals surface area contributed by atoms with Crippen LogP contribution in [0.1, 0.15) is 24.0 Å². The van der Waals surface area contributed by atoms with Crippen LogP contribution >= 0.6 is 0 Å². The number of likely N-dealkylation sites (N-methyl/N-ethyl adjacent to an activating group) is 1. The lowest BCUT2D eigenvalue weighted by atomic mass is 9.97. The predicted octanol–water partition coefficient (Wildman–Crippen LogP) is 1.80. The molecule has 0 saturated carbocycles. The van der Waals surface area contributed by atoms with E-state index >= 15 is 0 Å². The maximum Gasteiger partial charge on any atom is 0.0583 e. The molecule has 3 nitrogen and oxygen atoms in total. The molecule has 3 heteroatoms. The van der Waals surface area contributed by atoms with E-state index < -0.39 is 0 Å². The van der Waals surface area contributed by atoms with Crippen molar-refractivity contribution in [2.75, 3.05) is 25.1 Å². The number of aryl methyl sites for hydroxylation is 1. The van der Waals surface area contributed by atoms with Crippen LogP contribution in [0.25, 0.3) is 0 Å². The van der Waals surface area contributed by atoms with E-state index in [2.05, 4.69) is 24.9 Å². The fourth-order valence-corrected chi connectivity index (χ4v) is 2.54. The van der Waals surface area contributed by atoms with Crippen LogP contribution in [0.4, 0.5) is 11.4 Å². The van der Waals surface area contributed by atoms with Crippen molar-refractivity contribution in [1.29, 1.82) is 0 Å². The molecule has 1 aliphatic heterocycles. The Hall–Kier alpha value is -1.22. The van der Waals surface area contributed by atoms with E-state index in [0.717, 1.165) is 12.1 Å². The lowest BCUT2D eigenvalue weighted by Gasteiger charge is -2.21. The lowest BCUT2D eigenvalue weighted by Crippen LogP contribution is -2.27. The standard InChI is InChI=1S/C13H21N3/c1-9-5-6-12(14)13(15)11(9)8-10-4-3-7-16(10)2/h5-6,10H,3-4,7-8,14-15H2,1-2H3/t10-/m0/s1. The summed E-state index contributed by atoms with van der Waals surface area (Å²) in [4.78, 5) is 2.42. The van der Waals surface area contributed by atoms with Crippen molar-refractivity contribution in [3.63, 3.8) is 0 Å². The first-order chi connectivity index (χ1) is 7.59. The van der Waals surface area contributed by atoms with Crippen LogP contribution in [0, 0.1) is 6.92 Å². The van der Waals surface area contributed by atoms with E-state index in [1.54, 1.807) is 0 Å². The molecule has 1 fully saturated rings. The molecular weight excluding hydrogens is 198 g/mol. The number of nitrogens with two attached hydrogens (primary N) is 2. The Morgan fingerprint density at radius 1 is 1.38 bits per heavy atom. The summed E-state index contributed by atoms with van der Waals surface area (Å²) < 4.78 is 0. The number of nitrogen functional groups attached to an aromatic ring is 2. The van der Waals surface area contributed by atoms with Gasteiger partial charge in [0, 0.05) is 6.04 Å². The molecule has 2 rings (SSSR count). The van der Waals surface area contributed by atoms with E-state index in [1.807, 2.05) is 6.07 Å². The fraction of sp³-hybridized carbons (Fsp3) is 0.538. The summed E-state index contributed by atoms with van der Waals surface area (Å²) >= 11 is 0. The van der Waals surface area contributed by atoms with Crippen LogP contribution < -0.4 is 11.5 Å². The van der Waals surface area contributed by atoms with Gasteiger partial charge in [0.05, 0.1) is 11.4 Å². The van der Waals surface area contributed by atoms with Crippen molar-refractivity contribution in [3.05, 3.63) is 23.3 Å². The van der Waals surface area contributed by atoms with E-state index in [9.17, 15) is 0 Å². The predicted molar refractivity (Wildman–Crippen MR) is 69.4 cm³/mol. The SMILES string of the molecule is Cc1ccc(N)c(N)c1C[C@@H]1CCCN1C. The average molecular weight is 219 g/mol. The minimum atomic E-state index is 0.628. The average Bonchev–Trinajstić information content (AvgIpc) is 2.65. The molecule has 1 atom stereocenters. The first kappa shape index (κ1) is 11.3. The summed E-state index contributed by atoms with van der Waals surface area (Å²) in [5, 5.41) is 0. The van der Waals surface area contributed by atoms with Crippen LogP contribution in [0.3, 0.4) is 0 Å². The van der Waals surface area contributed by atoms with Gasteiger partial charge in [-0.1, -0.05) is 6.07 Å². The highest BCUT2D eigenvalue weighted by molar-refractivity contribution is 5.69. The molecule has 1 aromatic rings. The van der Waals surface area contributed by atoms with Gasteiger partial charge in [0.25, 0.3) is 0 Å². The highest BCUT2D eigenvalue weighted by atomic mass is 15.1. The second-order valence-electron chi connectivity index (χ2n) is 4.84. The van der Waals surface area contributed by atoms with Crippen LogP contribution in [0.15, 0.2) is 12.1 Å². The molecule has 0 spiro atoms. The molecule has 0 radical (unpaired) electrons. The molecule has 1 heterocycles. The summed E-state index contributed by atoms with van der Waals surface area (Å²) in [6.45, 7) is 3.31. The third-order valence-electron chi connectivity index (χ3n) is 3.74. The Kier molecular flexibility index (Phi) is 3.06. The van der Waals surface area contributed by atoms with Gasteiger partial charge in [-0.25, -0.2) is 0 Å². The number of hydrogen-bond acceptors (Lipinski definition) is 3. The number of nitrogens with zero attached hydrogens (tertiary/aromatic N) is 1. The van der Waals surface area contributed by atoms with Gasteiger partial charge in [-0.2, -0.15) is 0 Å². The van der Waals surface area contributed by atoms with E-state index in [-0.39, 0.29) is 0 Å². The Bertz CT molecular complexity index is 387.